The Hall–Kier alpha value is -2.34. The molecule has 2 aliphatic heterocycles. The van der Waals surface area contributed by atoms with E-state index < -0.39 is 0 Å². The van der Waals surface area contributed by atoms with Crippen molar-refractivity contribution in [3.63, 3.8) is 0 Å². The third-order valence-corrected chi connectivity index (χ3v) is 6.01. The summed E-state index contributed by atoms with van der Waals surface area (Å²) >= 11 is 0. The lowest BCUT2D eigenvalue weighted by Crippen LogP contribution is -2.50. The second kappa shape index (κ2) is 8.13. The van der Waals surface area contributed by atoms with E-state index in [1.165, 1.54) is 5.56 Å². The lowest BCUT2D eigenvalue weighted by molar-refractivity contribution is 0.0500. The maximum Gasteiger partial charge on any atom is 0.317 e. The number of carbonyl (C=O) groups is 1. The van der Waals surface area contributed by atoms with Crippen molar-refractivity contribution in [2.24, 2.45) is 0 Å². The first-order chi connectivity index (χ1) is 13.3. The van der Waals surface area contributed by atoms with Crippen LogP contribution in [0.4, 0.5) is 4.79 Å². The van der Waals surface area contributed by atoms with Crippen LogP contribution in [-0.4, -0.2) is 53.1 Å². The number of aromatic nitrogens is 2. The second-order valence-electron chi connectivity index (χ2n) is 7.63. The van der Waals surface area contributed by atoms with Crippen LogP contribution in [0, 0.1) is 0 Å². The number of ether oxygens (including phenoxy) is 1. The van der Waals surface area contributed by atoms with E-state index in [0.29, 0.717) is 6.54 Å². The van der Waals surface area contributed by atoms with E-state index in [2.05, 4.69) is 34.7 Å². The van der Waals surface area contributed by atoms with Gasteiger partial charge in [0.05, 0.1) is 12.6 Å². The van der Waals surface area contributed by atoms with Crippen LogP contribution in [-0.2, 0) is 16.7 Å². The minimum Gasteiger partial charge on any atom is -0.381 e. The summed E-state index contributed by atoms with van der Waals surface area (Å²) in [4.78, 5) is 14.9. The second-order valence-corrected chi connectivity index (χ2v) is 7.63. The monoisotopic (exact) mass is 368 g/mol. The summed E-state index contributed by atoms with van der Waals surface area (Å²) in [6.45, 7) is 3.73. The van der Waals surface area contributed by atoms with Gasteiger partial charge in [-0.1, -0.05) is 30.3 Å². The van der Waals surface area contributed by atoms with Gasteiger partial charge in [0, 0.05) is 44.1 Å². The van der Waals surface area contributed by atoms with E-state index in [9.17, 15) is 4.79 Å². The molecule has 2 saturated heterocycles. The topological polar surface area (TPSA) is 59.4 Å². The molecular formula is C21H28N4O2. The Morgan fingerprint density at radius 1 is 1.22 bits per heavy atom. The summed E-state index contributed by atoms with van der Waals surface area (Å²) < 4.78 is 7.51. The first-order valence-corrected chi connectivity index (χ1v) is 9.92. The Labute approximate surface area is 160 Å². The average Bonchev–Trinajstić information content (AvgIpc) is 3.40. The fraction of sp³-hybridized carbons (Fsp3) is 0.524. The molecule has 27 heavy (non-hydrogen) atoms. The fourth-order valence-electron chi connectivity index (χ4n) is 4.38. The van der Waals surface area contributed by atoms with Crippen molar-refractivity contribution in [1.82, 2.24) is 20.0 Å². The maximum absolute atomic E-state index is 13.0. The molecule has 0 spiro atoms. The normalized spacial score (nSPS) is 21.9. The first-order valence-electron chi connectivity index (χ1n) is 9.92. The van der Waals surface area contributed by atoms with E-state index in [-0.39, 0.29) is 17.5 Å². The fourth-order valence-corrected chi connectivity index (χ4v) is 4.38. The summed E-state index contributed by atoms with van der Waals surface area (Å²) in [6.07, 6.45) is 7.71. The number of amides is 2. The predicted octanol–water partition coefficient (Wildman–Crippen LogP) is 2.81. The van der Waals surface area contributed by atoms with Crippen LogP contribution in [0.25, 0.3) is 0 Å². The van der Waals surface area contributed by atoms with Gasteiger partial charge in [0.15, 0.2) is 0 Å². The Morgan fingerprint density at radius 2 is 2.04 bits per heavy atom. The van der Waals surface area contributed by atoms with Gasteiger partial charge < -0.3 is 15.0 Å². The number of benzene rings is 1. The highest BCUT2D eigenvalue weighted by Crippen LogP contribution is 2.34. The Morgan fingerprint density at radius 3 is 2.78 bits per heavy atom. The van der Waals surface area contributed by atoms with Gasteiger partial charge in [-0.2, -0.15) is 5.10 Å². The van der Waals surface area contributed by atoms with Crippen LogP contribution in [0.15, 0.2) is 48.8 Å². The average molecular weight is 368 g/mol. The van der Waals surface area contributed by atoms with E-state index in [1.54, 1.807) is 6.20 Å². The van der Waals surface area contributed by atoms with Gasteiger partial charge in [-0.25, -0.2) is 4.79 Å². The van der Waals surface area contributed by atoms with Crippen LogP contribution in [0.3, 0.4) is 0 Å². The molecule has 0 saturated carbocycles. The quantitative estimate of drug-likeness (QED) is 0.883. The molecule has 2 aliphatic rings. The van der Waals surface area contributed by atoms with Crippen LogP contribution in [0.2, 0.25) is 0 Å². The molecule has 1 N–H and O–H groups in total. The van der Waals surface area contributed by atoms with Crippen LogP contribution < -0.4 is 5.32 Å². The van der Waals surface area contributed by atoms with Crippen LogP contribution >= 0.6 is 0 Å². The van der Waals surface area contributed by atoms with Crippen molar-refractivity contribution in [3.8, 4) is 0 Å². The zero-order chi connectivity index (χ0) is 18.5. The molecule has 0 bridgehead atoms. The molecular weight excluding hydrogens is 340 g/mol. The minimum atomic E-state index is -0.0353. The molecule has 1 aromatic carbocycles. The molecule has 2 aromatic rings. The van der Waals surface area contributed by atoms with Gasteiger partial charge in [0.2, 0.25) is 0 Å². The summed E-state index contributed by atoms with van der Waals surface area (Å²) in [5.41, 5.74) is 1.26. The standard InChI is InChI=1S/C21H28N4O2/c26-20(25-13-4-8-19(25)16-24-12-5-11-23-24)22-17-21(9-14-27-15-10-21)18-6-2-1-3-7-18/h1-3,5-7,11-12,19H,4,8-10,13-17H2,(H,22,26). The number of likely N-dealkylation sites (tertiary alicyclic amines) is 1. The Kier molecular flexibility index (Phi) is 5.43. The molecule has 6 nitrogen and oxygen atoms in total. The highest BCUT2D eigenvalue weighted by molar-refractivity contribution is 5.75. The summed E-state index contributed by atoms with van der Waals surface area (Å²) in [5, 5.41) is 7.53. The number of nitrogens with zero attached hydrogens (tertiary/aromatic N) is 3. The van der Waals surface area contributed by atoms with E-state index >= 15 is 0 Å². The van der Waals surface area contributed by atoms with Gasteiger partial charge >= 0.3 is 6.03 Å². The van der Waals surface area contributed by atoms with Gasteiger partial charge in [0.25, 0.3) is 0 Å². The zero-order valence-electron chi connectivity index (χ0n) is 15.7. The first kappa shape index (κ1) is 18.0. The van der Waals surface area contributed by atoms with Crippen molar-refractivity contribution < 1.29 is 9.53 Å². The van der Waals surface area contributed by atoms with Crippen molar-refractivity contribution in [2.75, 3.05) is 26.3 Å². The molecule has 3 heterocycles. The molecule has 1 atom stereocenters. The van der Waals surface area contributed by atoms with Crippen molar-refractivity contribution in [2.45, 2.75) is 43.7 Å². The van der Waals surface area contributed by atoms with Gasteiger partial charge in [-0.3, -0.25) is 4.68 Å². The predicted molar refractivity (Wildman–Crippen MR) is 104 cm³/mol. The molecule has 1 aromatic heterocycles. The molecule has 0 aliphatic carbocycles. The molecule has 144 valence electrons. The Bertz CT molecular complexity index is 726. The third kappa shape index (κ3) is 4.00. The SMILES string of the molecule is O=C(NCC1(c2ccccc2)CCOCC1)N1CCCC1Cn1cccn1. The summed E-state index contributed by atoms with van der Waals surface area (Å²) in [6, 6.07) is 12.7. The summed E-state index contributed by atoms with van der Waals surface area (Å²) in [5.74, 6) is 0. The van der Waals surface area contributed by atoms with Gasteiger partial charge in [-0.15, -0.1) is 0 Å². The van der Waals surface area contributed by atoms with Crippen LogP contribution in [0.5, 0.6) is 0 Å². The highest BCUT2D eigenvalue weighted by atomic mass is 16.5. The molecule has 2 amide bonds. The van der Waals surface area contributed by atoms with Crippen molar-refractivity contribution in [3.05, 3.63) is 54.4 Å². The number of rotatable bonds is 5. The van der Waals surface area contributed by atoms with E-state index in [4.69, 9.17) is 4.74 Å². The zero-order valence-corrected chi connectivity index (χ0v) is 15.7. The number of carbonyl (C=O) groups excluding carboxylic acids is 1. The lowest BCUT2D eigenvalue weighted by atomic mass is 9.74. The smallest absolute Gasteiger partial charge is 0.317 e. The third-order valence-electron chi connectivity index (χ3n) is 6.01. The molecule has 0 radical (unpaired) electrons. The van der Waals surface area contributed by atoms with E-state index in [0.717, 1.165) is 52.0 Å². The number of hydrogen-bond acceptors (Lipinski definition) is 3. The number of hydrogen-bond donors (Lipinski definition) is 1. The van der Waals surface area contributed by atoms with Gasteiger partial charge in [-0.05, 0) is 37.3 Å². The summed E-state index contributed by atoms with van der Waals surface area (Å²) in [7, 11) is 0. The maximum atomic E-state index is 13.0. The van der Waals surface area contributed by atoms with Crippen molar-refractivity contribution >= 4 is 6.03 Å². The van der Waals surface area contributed by atoms with Gasteiger partial charge in [0.1, 0.15) is 0 Å². The largest absolute Gasteiger partial charge is 0.381 e. The minimum absolute atomic E-state index is 0.0353. The number of urea groups is 1. The van der Waals surface area contributed by atoms with Crippen LogP contribution in [0.1, 0.15) is 31.2 Å². The van der Waals surface area contributed by atoms with E-state index in [1.807, 2.05) is 27.9 Å². The molecule has 1 unspecified atom stereocenters. The van der Waals surface area contributed by atoms with Crippen molar-refractivity contribution in [1.29, 1.82) is 0 Å². The molecule has 4 rings (SSSR count). The lowest BCUT2D eigenvalue weighted by Gasteiger charge is -2.38. The molecule has 6 heteroatoms. The molecule has 2 fully saturated rings. The number of nitrogens with one attached hydrogen (secondary N) is 1. The Balaban J connectivity index is 1.42. The highest BCUT2D eigenvalue weighted by Gasteiger charge is 2.36.